The van der Waals surface area contributed by atoms with Crippen molar-refractivity contribution in [3.63, 3.8) is 0 Å². The van der Waals surface area contributed by atoms with Crippen LogP contribution in [0.3, 0.4) is 0 Å². The molecule has 4 aromatic carbocycles. The third kappa shape index (κ3) is 4.32. The van der Waals surface area contributed by atoms with Crippen molar-refractivity contribution in [1.29, 1.82) is 0 Å². The van der Waals surface area contributed by atoms with E-state index in [-0.39, 0.29) is 5.41 Å². The Morgan fingerprint density at radius 1 is 0.545 bits per heavy atom. The summed E-state index contributed by atoms with van der Waals surface area (Å²) in [6.07, 6.45) is 3.46. The summed E-state index contributed by atoms with van der Waals surface area (Å²) >= 11 is 3.15. The molecule has 0 N–H and O–H groups in total. The van der Waals surface area contributed by atoms with Crippen LogP contribution < -0.4 is 0 Å². The van der Waals surface area contributed by atoms with Crippen LogP contribution in [0.4, 0.5) is 0 Å². The first-order valence-electron chi connectivity index (χ1n) is 12.1. The van der Waals surface area contributed by atoms with Gasteiger partial charge in [0.05, 0.1) is 0 Å². The van der Waals surface area contributed by atoms with Crippen LogP contribution in [0.1, 0.15) is 55.9 Å². The van der Waals surface area contributed by atoms with Crippen molar-refractivity contribution in [3.8, 4) is 22.3 Å². The summed E-state index contributed by atoms with van der Waals surface area (Å²) in [6.45, 7) is 6.66. The molecule has 0 spiro atoms. The summed E-state index contributed by atoms with van der Waals surface area (Å²) in [4.78, 5) is 0. The molecular weight excluding hydrogens is 464 g/mol. The van der Waals surface area contributed by atoms with Crippen molar-refractivity contribution in [1.82, 2.24) is 0 Å². The second-order valence-corrected chi connectivity index (χ2v) is 9.76. The molecule has 0 amide bonds. The van der Waals surface area contributed by atoms with Crippen molar-refractivity contribution < 1.29 is 0 Å². The maximum Gasteiger partial charge on any atom is 0.0210 e. The minimum atomic E-state index is 0.243. The van der Waals surface area contributed by atoms with Gasteiger partial charge in [-0.25, -0.2) is 0 Å². The van der Waals surface area contributed by atoms with Crippen LogP contribution in [-0.4, -0.2) is 5.33 Å². The molecule has 168 valence electrons. The Morgan fingerprint density at radius 2 is 0.879 bits per heavy atom. The average molecular weight is 498 g/mol. The first-order chi connectivity index (χ1) is 16.2. The molecule has 0 bridgehead atoms. The molecule has 0 saturated carbocycles. The molecule has 0 atom stereocenters. The molecule has 1 heteroatoms. The van der Waals surface area contributed by atoms with Crippen molar-refractivity contribution >= 4 is 15.9 Å². The number of halogens is 1. The summed E-state index contributed by atoms with van der Waals surface area (Å²) in [5, 5.41) is 1.06. The number of fused-ring (bicyclic) bond motifs is 6. The molecule has 33 heavy (non-hydrogen) atoms. The number of benzene rings is 4. The van der Waals surface area contributed by atoms with Gasteiger partial charge < -0.3 is 0 Å². The van der Waals surface area contributed by atoms with Crippen molar-refractivity contribution in [2.75, 3.05) is 5.33 Å². The summed E-state index contributed by atoms with van der Waals surface area (Å²) in [6, 6.07) is 35.1. The third-order valence-electron chi connectivity index (χ3n) is 7.09. The second-order valence-electron chi connectivity index (χ2n) is 8.64. The van der Waals surface area contributed by atoms with Gasteiger partial charge in [0.15, 0.2) is 0 Å². The molecule has 2 aliphatic carbocycles. The molecule has 0 fully saturated rings. The largest absolute Gasteiger partial charge is 0.0931 e. The highest BCUT2D eigenvalue weighted by atomic mass is 79.9. The predicted molar refractivity (Wildman–Crippen MR) is 147 cm³/mol. The van der Waals surface area contributed by atoms with Crippen LogP contribution in [0.2, 0.25) is 0 Å². The highest BCUT2D eigenvalue weighted by Crippen LogP contribution is 2.52. The van der Waals surface area contributed by atoms with Gasteiger partial charge in [-0.1, -0.05) is 134 Å². The quantitative estimate of drug-likeness (QED) is 0.213. The van der Waals surface area contributed by atoms with Crippen LogP contribution in [0.15, 0.2) is 97.1 Å². The van der Waals surface area contributed by atoms with Gasteiger partial charge in [-0.05, 0) is 63.8 Å². The van der Waals surface area contributed by atoms with E-state index < -0.39 is 0 Å². The van der Waals surface area contributed by atoms with Crippen molar-refractivity contribution in [2.24, 2.45) is 0 Å². The summed E-state index contributed by atoms with van der Waals surface area (Å²) in [5.74, 6) is 0. The van der Waals surface area contributed by atoms with E-state index in [0.717, 1.165) is 11.8 Å². The van der Waals surface area contributed by atoms with Crippen LogP contribution in [0, 0.1) is 0 Å². The Kier molecular flexibility index (Phi) is 7.50. The second kappa shape index (κ2) is 10.5. The fourth-order valence-corrected chi connectivity index (χ4v) is 5.51. The molecule has 0 unspecified atom stereocenters. The van der Waals surface area contributed by atoms with Gasteiger partial charge in [-0.3, -0.25) is 0 Å². The van der Waals surface area contributed by atoms with Crippen molar-refractivity contribution in [3.05, 3.63) is 119 Å². The van der Waals surface area contributed by atoms with E-state index in [1.54, 1.807) is 0 Å². The van der Waals surface area contributed by atoms with Crippen LogP contribution >= 0.6 is 15.9 Å². The van der Waals surface area contributed by atoms with E-state index in [1.165, 1.54) is 57.3 Å². The fourth-order valence-electron chi connectivity index (χ4n) is 5.51. The minimum Gasteiger partial charge on any atom is -0.0931 e. The molecule has 6 rings (SSSR count). The predicted octanol–water partition coefficient (Wildman–Crippen LogP) is 9.43. The first-order valence-corrected chi connectivity index (χ1v) is 13.2. The third-order valence-corrected chi connectivity index (χ3v) is 7.09. The van der Waals surface area contributed by atoms with E-state index in [9.17, 15) is 0 Å². The molecule has 0 radical (unpaired) electrons. The Morgan fingerprint density at radius 3 is 1.27 bits per heavy atom. The van der Waals surface area contributed by atoms with E-state index in [1.807, 2.05) is 6.92 Å². The average Bonchev–Trinajstić information content (AvgIpc) is 3.39. The van der Waals surface area contributed by atoms with Crippen LogP contribution in [0.25, 0.3) is 22.3 Å². The molecule has 4 aromatic rings. The SMILES string of the molecule is CCBr.CCC1(CC)c2ccccc2-c2ccccc21.c1ccc2c(c1)Cc1ccccc1-2. The van der Waals surface area contributed by atoms with Gasteiger partial charge in [0.2, 0.25) is 0 Å². The first kappa shape index (κ1) is 23.5. The lowest BCUT2D eigenvalue weighted by atomic mass is 9.74. The highest BCUT2D eigenvalue weighted by molar-refractivity contribution is 9.09. The fraction of sp³-hybridized carbons (Fsp3) is 0.250. The summed E-state index contributed by atoms with van der Waals surface area (Å²) in [7, 11) is 0. The highest BCUT2D eigenvalue weighted by Gasteiger charge is 2.39. The Bertz CT molecular complexity index is 1130. The summed E-state index contributed by atoms with van der Waals surface area (Å²) in [5.41, 5.74) is 11.9. The lowest BCUT2D eigenvalue weighted by Gasteiger charge is -2.29. The van der Waals surface area contributed by atoms with Gasteiger partial charge in [-0.2, -0.15) is 0 Å². The Labute approximate surface area is 207 Å². The monoisotopic (exact) mass is 496 g/mol. The number of hydrogen-bond acceptors (Lipinski definition) is 0. The Balaban J connectivity index is 0.000000144. The van der Waals surface area contributed by atoms with Gasteiger partial charge in [0.1, 0.15) is 0 Å². The normalized spacial score (nSPS) is 13.3. The van der Waals surface area contributed by atoms with Crippen LogP contribution in [-0.2, 0) is 11.8 Å². The molecular formula is C32H33Br. The molecule has 0 aromatic heterocycles. The van der Waals surface area contributed by atoms with Gasteiger partial charge in [-0.15, -0.1) is 0 Å². The minimum absolute atomic E-state index is 0.243. The van der Waals surface area contributed by atoms with E-state index in [2.05, 4.69) is 127 Å². The number of hydrogen-bond donors (Lipinski definition) is 0. The maximum atomic E-state index is 3.15. The smallest absolute Gasteiger partial charge is 0.0210 e. The zero-order valence-corrected chi connectivity index (χ0v) is 21.5. The van der Waals surface area contributed by atoms with E-state index in [0.29, 0.717) is 0 Å². The van der Waals surface area contributed by atoms with Gasteiger partial charge >= 0.3 is 0 Å². The molecule has 0 aliphatic heterocycles. The topological polar surface area (TPSA) is 0 Å². The zero-order chi connectivity index (χ0) is 23.3. The zero-order valence-electron chi connectivity index (χ0n) is 19.9. The number of rotatable bonds is 2. The standard InChI is InChI=1S/C17H18.C13H10.C2H5Br/c1-3-17(4-2)15-11-7-5-9-13(15)14-10-6-8-12-16(14)17;1-3-7-12-10(5-1)9-11-6-2-4-8-13(11)12;1-2-3/h5-12H,3-4H2,1-2H3;1-8H,9H2;2H2,1H3. The van der Waals surface area contributed by atoms with Gasteiger partial charge in [0, 0.05) is 10.7 Å². The van der Waals surface area contributed by atoms with E-state index >= 15 is 0 Å². The molecule has 0 saturated heterocycles. The number of alkyl halides is 1. The van der Waals surface area contributed by atoms with Gasteiger partial charge in [0.25, 0.3) is 0 Å². The Hall–Kier alpha value is -2.64. The molecule has 2 aliphatic rings. The van der Waals surface area contributed by atoms with E-state index in [4.69, 9.17) is 0 Å². The van der Waals surface area contributed by atoms with Crippen molar-refractivity contribution in [2.45, 2.75) is 45.4 Å². The lowest BCUT2D eigenvalue weighted by Crippen LogP contribution is -2.22. The lowest BCUT2D eigenvalue weighted by molar-refractivity contribution is 0.490. The van der Waals surface area contributed by atoms with Crippen LogP contribution in [0.5, 0.6) is 0 Å². The molecule has 0 heterocycles. The summed E-state index contributed by atoms with van der Waals surface area (Å²) < 4.78 is 0. The maximum absolute atomic E-state index is 3.15. The molecule has 0 nitrogen and oxygen atoms in total.